The molecular weight excluding hydrogens is 228 g/mol. The van der Waals surface area contributed by atoms with Gasteiger partial charge >= 0.3 is 0 Å². The Morgan fingerprint density at radius 1 is 1.44 bits per heavy atom. The van der Waals surface area contributed by atoms with Crippen molar-refractivity contribution in [3.63, 3.8) is 0 Å². The lowest BCUT2D eigenvalue weighted by molar-refractivity contribution is 0.00453. The molecule has 0 aromatic heterocycles. The van der Waals surface area contributed by atoms with Crippen LogP contribution in [0.3, 0.4) is 0 Å². The summed E-state index contributed by atoms with van der Waals surface area (Å²) in [6.45, 7) is 10.6. The largest absolute Gasteiger partial charge is 0.395 e. The fourth-order valence-electron chi connectivity index (χ4n) is 2.63. The van der Waals surface area contributed by atoms with Crippen molar-refractivity contribution in [3.8, 4) is 0 Å². The molecule has 0 bridgehead atoms. The highest BCUT2D eigenvalue weighted by Gasteiger charge is 2.20. The van der Waals surface area contributed by atoms with Crippen LogP contribution >= 0.6 is 0 Å². The minimum Gasteiger partial charge on any atom is -0.395 e. The highest BCUT2D eigenvalue weighted by atomic mass is 16.5. The van der Waals surface area contributed by atoms with Crippen LogP contribution in [0.25, 0.3) is 0 Å². The number of rotatable bonds is 8. The van der Waals surface area contributed by atoms with Crippen LogP contribution < -0.4 is 5.32 Å². The predicted octanol–water partition coefficient (Wildman–Crippen LogP) is 1.24. The van der Waals surface area contributed by atoms with Gasteiger partial charge in [-0.15, -0.1) is 0 Å². The zero-order valence-electron chi connectivity index (χ0n) is 12.2. The Hall–Kier alpha value is -0.160. The molecule has 2 atom stereocenters. The monoisotopic (exact) mass is 258 g/mol. The molecule has 1 aliphatic heterocycles. The molecule has 4 heteroatoms. The average molecular weight is 258 g/mol. The van der Waals surface area contributed by atoms with Gasteiger partial charge in [0.25, 0.3) is 0 Å². The van der Waals surface area contributed by atoms with Gasteiger partial charge in [0.2, 0.25) is 0 Å². The molecule has 1 heterocycles. The normalized spacial score (nSPS) is 23.5. The molecule has 1 rings (SSSR count). The van der Waals surface area contributed by atoms with Crippen molar-refractivity contribution in [2.45, 2.75) is 58.2 Å². The standard InChI is InChI=1S/C14H30N2O2/c1-4-18-14-6-5-8-16(10-14)9-7-13(11-17)15-12(2)3/h12-15,17H,4-11H2,1-3H3. The van der Waals surface area contributed by atoms with E-state index in [1.807, 2.05) is 0 Å². The van der Waals surface area contributed by atoms with Gasteiger partial charge in [0, 0.05) is 25.2 Å². The van der Waals surface area contributed by atoms with Crippen LogP contribution in [0.5, 0.6) is 0 Å². The smallest absolute Gasteiger partial charge is 0.0702 e. The molecule has 1 aliphatic rings. The number of likely N-dealkylation sites (tertiary alicyclic amines) is 1. The Balaban J connectivity index is 2.24. The highest BCUT2D eigenvalue weighted by molar-refractivity contribution is 4.76. The van der Waals surface area contributed by atoms with Crippen LogP contribution in [0.1, 0.15) is 40.0 Å². The van der Waals surface area contributed by atoms with E-state index >= 15 is 0 Å². The molecule has 108 valence electrons. The van der Waals surface area contributed by atoms with Gasteiger partial charge in [-0.3, -0.25) is 0 Å². The number of aliphatic hydroxyl groups excluding tert-OH is 1. The van der Waals surface area contributed by atoms with E-state index in [1.165, 1.54) is 19.4 Å². The van der Waals surface area contributed by atoms with Gasteiger partial charge in [0.15, 0.2) is 0 Å². The van der Waals surface area contributed by atoms with Gasteiger partial charge < -0.3 is 20.1 Å². The number of ether oxygens (including phenoxy) is 1. The number of piperidine rings is 1. The first-order valence-corrected chi connectivity index (χ1v) is 7.36. The van der Waals surface area contributed by atoms with Gasteiger partial charge in [0.1, 0.15) is 0 Å². The van der Waals surface area contributed by atoms with E-state index in [2.05, 4.69) is 31.0 Å². The van der Waals surface area contributed by atoms with Crippen LogP contribution in [-0.2, 0) is 4.74 Å². The summed E-state index contributed by atoms with van der Waals surface area (Å²) in [5, 5.41) is 12.7. The van der Waals surface area contributed by atoms with Gasteiger partial charge in [0.05, 0.1) is 12.7 Å². The van der Waals surface area contributed by atoms with E-state index in [1.54, 1.807) is 0 Å². The van der Waals surface area contributed by atoms with Crippen LogP contribution in [0.2, 0.25) is 0 Å². The molecule has 0 aliphatic carbocycles. The van der Waals surface area contributed by atoms with Gasteiger partial charge in [-0.05, 0) is 39.3 Å². The summed E-state index contributed by atoms with van der Waals surface area (Å²) >= 11 is 0. The van der Waals surface area contributed by atoms with Gasteiger partial charge in [-0.25, -0.2) is 0 Å². The molecule has 2 N–H and O–H groups in total. The molecule has 18 heavy (non-hydrogen) atoms. The summed E-state index contributed by atoms with van der Waals surface area (Å²) in [6.07, 6.45) is 3.84. The molecule has 0 aromatic rings. The maximum atomic E-state index is 9.33. The fraction of sp³-hybridized carbons (Fsp3) is 1.00. The van der Waals surface area contributed by atoms with Crippen LogP contribution in [0.4, 0.5) is 0 Å². The van der Waals surface area contributed by atoms with Gasteiger partial charge in [-0.2, -0.15) is 0 Å². The Bertz CT molecular complexity index is 210. The van der Waals surface area contributed by atoms with Crippen molar-refractivity contribution in [1.29, 1.82) is 0 Å². The predicted molar refractivity (Wildman–Crippen MR) is 74.9 cm³/mol. The van der Waals surface area contributed by atoms with Crippen LogP contribution in [-0.4, -0.2) is 61.0 Å². The number of nitrogens with one attached hydrogen (secondary N) is 1. The second-order valence-electron chi connectivity index (χ2n) is 5.51. The Labute approximate surface area is 112 Å². The van der Waals surface area contributed by atoms with E-state index < -0.39 is 0 Å². The molecule has 1 fully saturated rings. The molecule has 0 radical (unpaired) electrons. The molecule has 2 unspecified atom stereocenters. The lowest BCUT2D eigenvalue weighted by Crippen LogP contribution is -2.44. The maximum absolute atomic E-state index is 9.33. The summed E-state index contributed by atoms with van der Waals surface area (Å²) in [6, 6.07) is 0.650. The fourth-order valence-corrected chi connectivity index (χ4v) is 2.63. The first-order valence-electron chi connectivity index (χ1n) is 7.36. The third-order valence-electron chi connectivity index (χ3n) is 3.45. The summed E-state index contributed by atoms with van der Waals surface area (Å²) in [5.74, 6) is 0. The topological polar surface area (TPSA) is 44.7 Å². The number of hydrogen-bond donors (Lipinski definition) is 2. The minimum atomic E-state index is 0.220. The van der Waals surface area contributed by atoms with Crippen molar-refractivity contribution in [3.05, 3.63) is 0 Å². The van der Waals surface area contributed by atoms with E-state index in [0.717, 1.165) is 26.1 Å². The van der Waals surface area contributed by atoms with Crippen molar-refractivity contribution >= 4 is 0 Å². The summed E-state index contributed by atoms with van der Waals surface area (Å²) < 4.78 is 5.70. The molecular formula is C14H30N2O2. The zero-order valence-corrected chi connectivity index (χ0v) is 12.2. The third-order valence-corrected chi connectivity index (χ3v) is 3.45. The third kappa shape index (κ3) is 6.14. The van der Waals surface area contributed by atoms with Crippen molar-refractivity contribution in [1.82, 2.24) is 10.2 Å². The zero-order chi connectivity index (χ0) is 13.4. The first-order chi connectivity index (χ1) is 8.65. The Morgan fingerprint density at radius 3 is 2.83 bits per heavy atom. The van der Waals surface area contributed by atoms with Crippen molar-refractivity contribution < 1.29 is 9.84 Å². The van der Waals surface area contributed by atoms with E-state index in [-0.39, 0.29) is 12.6 Å². The summed E-state index contributed by atoms with van der Waals surface area (Å²) in [4.78, 5) is 2.47. The summed E-state index contributed by atoms with van der Waals surface area (Å²) in [7, 11) is 0. The lowest BCUT2D eigenvalue weighted by Gasteiger charge is -2.33. The van der Waals surface area contributed by atoms with E-state index in [9.17, 15) is 5.11 Å². The van der Waals surface area contributed by atoms with E-state index in [4.69, 9.17) is 4.74 Å². The first kappa shape index (κ1) is 15.9. The average Bonchev–Trinajstić information content (AvgIpc) is 2.35. The second-order valence-corrected chi connectivity index (χ2v) is 5.51. The number of nitrogens with zero attached hydrogens (tertiary/aromatic N) is 1. The minimum absolute atomic E-state index is 0.220. The Kier molecular flexibility index (Phi) is 7.82. The van der Waals surface area contributed by atoms with E-state index in [0.29, 0.717) is 12.1 Å². The van der Waals surface area contributed by atoms with Crippen molar-refractivity contribution in [2.75, 3.05) is 32.8 Å². The number of aliphatic hydroxyl groups is 1. The Morgan fingerprint density at radius 2 is 2.22 bits per heavy atom. The van der Waals surface area contributed by atoms with Crippen molar-refractivity contribution in [2.24, 2.45) is 0 Å². The second kappa shape index (κ2) is 8.86. The summed E-state index contributed by atoms with van der Waals surface area (Å²) in [5.41, 5.74) is 0. The molecule has 0 spiro atoms. The van der Waals surface area contributed by atoms with Crippen LogP contribution in [0.15, 0.2) is 0 Å². The lowest BCUT2D eigenvalue weighted by atomic mass is 10.1. The highest BCUT2D eigenvalue weighted by Crippen LogP contribution is 2.13. The maximum Gasteiger partial charge on any atom is 0.0702 e. The molecule has 1 saturated heterocycles. The molecule has 0 aromatic carbocycles. The quantitative estimate of drug-likeness (QED) is 0.687. The molecule has 0 saturated carbocycles. The number of hydrogen-bond acceptors (Lipinski definition) is 4. The molecule has 0 amide bonds. The molecule has 4 nitrogen and oxygen atoms in total. The van der Waals surface area contributed by atoms with Crippen LogP contribution in [0, 0.1) is 0 Å². The SMILES string of the molecule is CCOC1CCCN(CCC(CO)NC(C)C)C1. The van der Waals surface area contributed by atoms with Gasteiger partial charge in [-0.1, -0.05) is 13.8 Å².